The van der Waals surface area contributed by atoms with Crippen molar-refractivity contribution in [3.05, 3.63) is 22.2 Å². The summed E-state index contributed by atoms with van der Waals surface area (Å²) in [7, 11) is 1.69. The molecule has 0 aromatic carbocycles. The fourth-order valence-electron chi connectivity index (χ4n) is 2.21. The van der Waals surface area contributed by atoms with Crippen molar-refractivity contribution in [2.45, 2.75) is 39.2 Å². The molecule has 0 spiro atoms. The maximum atomic E-state index is 6.17. The molecular weight excluding hydrogens is 224 g/mol. The number of nitrogens with zero attached hydrogens (tertiary/aromatic N) is 2. The molecule has 1 aromatic rings. The van der Waals surface area contributed by atoms with E-state index in [1.807, 2.05) is 0 Å². The first kappa shape index (κ1) is 11.8. The molecule has 1 atom stereocenters. The van der Waals surface area contributed by atoms with Gasteiger partial charge in [-0.3, -0.25) is 0 Å². The first-order chi connectivity index (χ1) is 7.63. The van der Waals surface area contributed by atoms with Crippen LogP contribution in [0.1, 0.15) is 43.5 Å². The minimum absolute atomic E-state index is 0.0663. The molecule has 0 saturated carbocycles. The minimum Gasteiger partial charge on any atom is -0.373 e. The molecule has 1 aliphatic carbocycles. The molecule has 0 fully saturated rings. The number of methoxy groups -OCH3 is 1. The van der Waals surface area contributed by atoms with Crippen molar-refractivity contribution >= 4 is 11.6 Å². The predicted octanol–water partition coefficient (Wildman–Crippen LogP) is 2.96. The zero-order valence-electron chi connectivity index (χ0n) is 9.96. The predicted molar refractivity (Wildman–Crippen MR) is 63.7 cm³/mol. The lowest BCUT2D eigenvalue weighted by Gasteiger charge is -2.18. The molecule has 4 heteroatoms. The SMILES string of the molecule is COC(c1nc(Cl)c2c(n1)CCC2)C(C)C. The van der Waals surface area contributed by atoms with Crippen LogP contribution in [0.25, 0.3) is 0 Å². The van der Waals surface area contributed by atoms with Gasteiger partial charge in [-0.05, 0) is 25.2 Å². The van der Waals surface area contributed by atoms with E-state index in [9.17, 15) is 0 Å². The van der Waals surface area contributed by atoms with Crippen molar-refractivity contribution in [3.8, 4) is 0 Å². The van der Waals surface area contributed by atoms with Crippen molar-refractivity contribution in [2.24, 2.45) is 5.92 Å². The van der Waals surface area contributed by atoms with Gasteiger partial charge in [0.15, 0.2) is 5.82 Å². The number of aromatic nitrogens is 2. The molecule has 0 aliphatic heterocycles. The van der Waals surface area contributed by atoms with E-state index in [0.717, 1.165) is 36.3 Å². The molecule has 1 heterocycles. The summed E-state index contributed by atoms with van der Waals surface area (Å²) >= 11 is 6.17. The van der Waals surface area contributed by atoms with Crippen LogP contribution in [0.3, 0.4) is 0 Å². The van der Waals surface area contributed by atoms with Crippen LogP contribution in [-0.2, 0) is 17.6 Å². The normalized spacial score (nSPS) is 16.6. The average Bonchev–Trinajstić information content (AvgIpc) is 2.66. The summed E-state index contributed by atoms with van der Waals surface area (Å²) in [4.78, 5) is 8.95. The third-order valence-corrected chi connectivity index (χ3v) is 3.33. The van der Waals surface area contributed by atoms with Crippen LogP contribution < -0.4 is 0 Å². The van der Waals surface area contributed by atoms with Gasteiger partial charge in [0.2, 0.25) is 0 Å². The van der Waals surface area contributed by atoms with Crippen LogP contribution in [0.5, 0.6) is 0 Å². The Bertz CT molecular complexity index is 393. The number of ether oxygens (including phenoxy) is 1. The number of rotatable bonds is 3. The van der Waals surface area contributed by atoms with E-state index < -0.39 is 0 Å². The van der Waals surface area contributed by atoms with Crippen LogP contribution in [0.2, 0.25) is 5.15 Å². The first-order valence-electron chi connectivity index (χ1n) is 5.71. The Balaban J connectivity index is 2.39. The van der Waals surface area contributed by atoms with Gasteiger partial charge >= 0.3 is 0 Å². The molecule has 1 aliphatic rings. The van der Waals surface area contributed by atoms with Gasteiger partial charge in [0.1, 0.15) is 11.3 Å². The Morgan fingerprint density at radius 2 is 2.00 bits per heavy atom. The Labute approximate surface area is 101 Å². The smallest absolute Gasteiger partial charge is 0.159 e. The number of hydrogen-bond donors (Lipinski definition) is 0. The second-order valence-electron chi connectivity index (χ2n) is 4.55. The maximum absolute atomic E-state index is 6.17. The summed E-state index contributed by atoms with van der Waals surface area (Å²) in [5.74, 6) is 1.07. The van der Waals surface area contributed by atoms with E-state index in [1.54, 1.807) is 7.11 Å². The molecule has 16 heavy (non-hydrogen) atoms. The summed E-state index contributed by atoms with van der Waals surface area (Å²) < 4.78 is 5.43. The second-order valence-corrected chi connectivity index (χ2v) is 4.91. The van der Waals surface area contributed by atoms with Crippen LogP contribution in [0, 0.1) is 5.92 Å². The number of hydrogen-bond acceptors (Lipinski definition) is 3. The van der Waals surface area contributed by atoms with E-state index in [-0.39, 0.29) is 6.10 Å². The Hall–Kier alpha value is -0.670. The van der Waals surface area contributed by atoms with E-state index in [4.69, 9.17) is 16.3 Å². The molecule has 1 aromatic heterocycles. The van der Waals surface area contributed by atoms with Crippen molar-refractivity contribution in [1.82, 2.24) is 9.97 Å². The van der Waals surface area contributed by atoms with Crippen LogP contribution in [-0.4, -0.2) is 17.1 Å². The molecule has 0 saturated heterocycles. The lowest BCUT2D eigenvalue weighted by Crippen LogP contribution is -2.14. The molecule has 0 bridgehead atoms. The van der Waals surface area contributed by atoms with Gasteiger partial charge in [-0.15, -0.1) is 0 Å². The van der Waals surface area contributed by atoms with Crippen molar-refractivity contribution in [3.63, 3.8) is 0 Å². The molecule has 88 valence electrons. The average molecular weight is 241 g/mol. The van der Waals surface area contributed by atoms with E-state index in [0.29, 0.717) is 11.1 Å². The van der Waals surface area contributed by atoms with Gasteiger partial charge in [-0.25, -0.2) is 9.97 Å². The standard InChI is InChI=1S/C12H17ClN2O/c1-7(2)10(16-3)12-14-9-6-4-5-8(9)11(13)15-12/h7,10H,4-6H2,1-3H3. The highest BCUT2D eigenvalue weighted by Gasteiger charge is 2.23. The van der Waals surface area contributed by atoms with Crippen molar-refractivity contribution in [2.75, 3.05) is 7.11 Å². The van der Waals surface area contributed by atoms with E-state index >= 15 is 0 Å². The molecule has 0 radical (unpaired) electrons. The number of aryl methyl sites for hydroxylation is 1. The quantitative estimate of drug-likeness (QED) is 0.762. The third kappa shape index (κ3) is 2.06. The highest BCUT2D eigenvalue weighted by atomic mass is 35.5. The van der Waals surface area contributed by atoms with Gasteiger partial charge in [-0.1, -0.05) is 25.4 Å². The van der Waals surface area contributed by atoms with Crippen molar-refractivity contribution in [1.29, 1.82) is 0 Å². The van der Waals surface area contributed by atoms with E-state index in [2.05, 4.69) is 23.8 Å². The maximum Gasteiger partial charge on any atom is 0.159 e. The largest absolute Gasteiger partial charge is 0.373 e. The highest BCUT2D eigenvalue weighted by Crippen LogP contribution is 2.30. The van der Waals surface area contributed by atoms with Gasteiger partial charge < -0.3 is 4.74 Å². The molecule has 0 N–H and O–H groups in total. The molecular formula is C12H17ClN2O. The zero-order chi connectivity index (χ0) is 11.7. The summed E-state index contributed by atoms with van der Waals surface area (Å²) in [5.41, 5.74) is 2.24. The monoisotopic (exact) mass is 240 g/mol. The lowest BCUT2D eigenvalue weighted by molar-refractivity contribution is 0.0573. The Morgan fingerprint density at radius 3 is 2.62 bits per heavy atom. The minimum atomic E-state index is -0.0663. The van der Waals surface area contributed by atoms with Gasteiger partial charge in [0.25, 0.3) is 0 Å². The fraction of sp³-hybridized carbons (Fsp3) is 0.667. The third-order valence-electron chi connectivity index (χ3n) is 3.01. The summed E-state index contributed by atoms with van der Waals surface area (Å²) in [6, 6.07) is 0. The molecule has 0 amide bonds. The topological polar surface area (TPSA) is 35.0 Å². The Morgan fingerprint density at radius 1 is 1.25 bits per heavy atom. The summed E-state index contributed by atoms with van der Waals surface area (Å²) in [5, 5.41) is 0.611. The summed E-state index contributed by atoms with van der Waals surface area (Å²) in [6.45, 7) is 4.19. The zero-order valence-corrected chi connectivity index (χ0v) is 10.7. The second kappa shape index (κ2) is 4.68. The first-order valence-corrected chi connectivity index (χ1v) is 6.09. The van der Waals surface area contributed by atoms with Gasteiger partial charge in [0, 0.05) is 18.4 Å². The highest BCUT2D eigenvalue weighted by molar-refractivity contribution is 6.30. The molecule has 3 nitrogen and oxygen atoms in total. The number of halogens is 1. The van der Waals surface area contributed by atoms with E-state index in [1.165, 1.54) is 0 Å². The number of fused-ring (bicyclic) bond motifs is 1. The lowest BCUT2D eigenvalue weighted by atomic mass is 10.1. The van der Waals surface area contributed by atoms with Crippen LogP contribution >= 0.6 is 11.6 Å². The van der Waals surface area contributed by atoms with Gasteiger partial charge in [-0.2, -0.15) is 0 Å². The fourth-order valence-corrected chi connectivity index (χ4v) is 2.50. The molecule has 2 rings (SSSR count). The summed E-state index contributed by atoms with van der Waals surface area (Å²) in [6.07, 6.45) is 3.09. The van der Waals surface area contributed by atoms with Crippen molar-refractivity contribution < 1.29 is 4.74 Å². The molecule has 1 unspecified atom stereocenters. The van der Waals surface area contributed by atoms with Gasteiger partial charge in [0.05, 0.1) is 0 Å². The Kier molecular flexibility index (Phi) is 3.45. The van der Waals surface area contributed by atoms with Crippen LogP contribution in [0.4, 0.5) is 0 Å². The van der Waals surface area contributed by atoms with Crippen LogP contribution in [0.15, 0.2) is 0 Å².